The highest BCUT2D eigenvalue weighted by Gasteiger charge is 2.27. The Labute approximate surface area is 109 Å². The van der Waals surface area contributed by atoms with Gasteiger partial charge in [-0.05, 0) is 32.2 Å². The maximum atomic E-state index is 11.9. The molecular weight excluding hydrogens is 254 g/mol. The zero-order valence-electron chi connectivity index (χ0n) is 11.0. The number of sulfonamides is 1. The summed E-state index contributed by atoms with van der Waals surface area (Å²) < 4.78 is 24.4. The number of amides is 1. The van der Waals surface area contributed by atoms with Crippen LogP contribution in [0.2, 0.25) is 0 Å². The van der Waals surface area contributed by atoms with Crippen molar-refractivity contribution < 1.29 is 13.2 Å². The van der Waals surface area contributed by atoms with E-state index in [4.69, 9.17) is 5.73 Å². The molecule has 4 N–H and O–H groups in total. The zero-order chi connectivity index (χ0) is 13.8. The van der Waals surface area contributed by atoms with Crippen LogP contribution in [0.5, 0.6) is 0 Å². The second-order valence-electron chi connectivity index (χ2n) is 5.01. The van der Waals surface area contributed by atoms with Gasteiger partial charge in [-0.15, -0.1) is 0 Å². The fourth-order valence-electron chi connectivity index (χ4n) is 2.36. The number of nitrogens with two attached hydrogens (primary N) is 1. The monoisotopic (exact) mass is 277 g/mol. The number of hydrogen-bond acceptors (Lipinski definition) is 4. The third kappa shape index (κ3) is 4.91. The molecule has 1 aliphatic carbocycles. The standard InChI is InChI=1S/C11H23N3O3S/c1-8(14-18(2,16)17)11(15)13-10-6-4-3-5-9(10)7-12/h8-10,14H,3-7,12H2,1-2H3,(H,13,15). The first-order valence-electron chi connectivity index (χ1n) is 6.31. The van der Waals surface area contributed by atoms with E-state index in [1.165, 1.54) is 6.92 Å². The molecule has 0 spiro atoms. The zero-order valence-corrected chi connectivity index (χ0v) is 11.8. The Bertz CT molecular complexity index is 383. The molecule has 0 aliphatic heterocycles. The van der Waals surface area contributed by atoms with Gasteiger partial charge < -0.3 is 11.1 Å². The summed E-state index contributed by atoms with van der Waals surface area (Å²) in [4.78, 5) is 11.9. The van der Waals surface area contributed by atoms with Crippen molar-refractivity contribution in [2.24, 2.45) is 11.7 Å². The van der Waals surface area contributed by atoms with Crippen molar-refractivity contribution in [2.45, 2.75) is 44.7 Å². The lowest BCUT2D eigenvalue weighted by Gasteiger charge is -2.32. The van der Waals surface area contributed by atoms with Gasteiger partial charge in [0.2, 0.25) is 15.9 Å². The molecule has 1 rings (SSSR count). The Morgan fingerprint density at radius 3 is 2.56 bits per heavy atom. The SMILES string of the molecule is CC(NS(C)(=O)=O)C(=O)NC1CCCCC1CN. The Morgan fingerprint density at radius 1 is 1.39 bits per heavy atom. The summed E-state index contributed by atoms with van der Waals surface area (Å²) in [5, 5.41) is 2.90. The van der Waals surface area contributed by atoms with Gasteiger partial charge in [-0.2, -0.15) is 0 Å². The molecule has 1 fully saturated rings. The van der Waals surface area contributed by atoms with Crippen molar-refractivity contribution in [1.29, 1.82) is 0 Å². The van der Waals surface area contributed by atoms with Crippen molar-refractivity contribution in [3.8, 4) is 0 Å². The van der Waals surface area contributed by atoms with E-state index in [-0.39, 0.29) is 11.9 Å². The Hall–Kier alpha value is -0.660. The van der Waals surface area contributed by atoms with Crippen molar-refractivity contribution in [3.05, 3.63) is 0 Å². The van der Waals surface area contributed by atoms with Crippen molar-refractivity contribution in [3.63, 3.8) is 0 Å². The minimum atomic E-state index is -3.36. The predicted molar refractivity (Wildman–Crippen MR) is 70.4 cm³/mol. The average molecular weight is 277 g/mol. The van der Waals surface area contributed by atoms with Crippen LogP contribution in [0.15, 0.2) is 0 Å². The van der Waals surface area contributed by atoms with Crippen molar-refractivity contribution in [2.75, 3.05) is 12.8 Å². The highest BCUT2D eigenvalue weighted by atomic mass is 32.2. The average Bonchev–Trinajstić information content (AvgIpc) is 2.27. The van der Waals surface area contributed by atoms with Gasteiger partial charge in [-0.3, -0.25) is 4.79 Å². The van der Waals surface area contributed by atoms with E-state index in [1.54, 1.807) is 0 Å². The summed E-state index contributed by atoms with van der Waals surface area (Å²) in [5.74, 6) is 0.0129. The number of carbonyl (C=O) groups excluding carboxylic acids is 1. The van der Waals surface area contributed by atoms with Crippen LogP contribution in [-0.2, 0) is 14.8 Å². The van der Waals surface area contributed by atoms with E-state index in [0.717, 1.165) is 31.9 Å². The van der Waals surface area contributed by atoms with E-state index in [9.17, 15) is 13.2 Å². The van der Waals surface area contributed by atoms with Gasteiger partial charge in [0.1, 0.15) is 0 Å². The molecule has 106 valence electrons. The van der Waals surface area contributed by atoms with Crippen LogP contribution in [0.3, 0.4) is 0 Å². The lowest BCUT2D eigenvalue weighted by molar-refractivity contribution is -0.123. The first-order chi connectivity index (χ1) is 8.33. The first-order valence-corrected chi connectivity index (χ1v) is 8.20. The summed E-state index contributed by atoms with van der Waals surface area (Å²) in [6.45, 7) is 2.09. The summed E-state index contributed by atoms with van der Waals surface area (Å²) in [6, 6.07) is -0.680. The van der Waals surface area contributed by atoms with E-state index < -0.39 is 16.1 Å². The molecule has 3 atom stereocenters. The predicted octanol–water partition coefficient (Wildman–Crippen LogP) is -0.442. The quantitative estimate of drug-likeness (QED) is 0.634. The van der Waals surface area contributed by atoms with Crippen LogP contribution in [0.4, 0.5) is 0 Å². The normalized spacial score (nSPS) is 26.6. The third-order valence-electron chi connectivity index (χ3n) is 3.32. The van der Waals surface area contributed by atoms with E-state index in [2.05, 4.69) is 10.0 Å². The number of nitrogens with one attached hydrogen (secondary N) is 2. The minimum absolute atomic E-state index is 0.0695. The number of hydrogen-bond donors (Lipinski definition) is 3. The fourth-order valence-corrected chi connectivity index (χ4v) is 3.11. The molecule has 0 aromatic carbocycles. The Kier molecular flexibility index (Phi) is 5.55. The molecule has 6 nitrogen and oxygen atoms in total. The van der Waals surface area contributed by atoms with Gasteiger partial charge in [0.15, 0.2) is 0 Å². The molecule has 0 saturated heterocycles. The van der Waals surface area contributed by atoms with E-state index in [1.807, 2.05) is 0 Å². The first kappa shape index (κ1) is 15.4. The molecule has 0 radical (unpaired) electrons. The highest BCUT2D eigenvalue weighted by molar-refractivity contribution is 7.88. The molecule has 0 bridgehead atoms. The van der Waals surface area contributed by atoms with Gasteiger partial charge in [-0.1, -0.05) is 12.8 Å². The summed E-state index contributed by atoms with van der Waals surface area (Å²) in [5.41, 5.74) is 5.68. The van der Waals surface area contributed by atoms with Gasteiger partial charge in [0.05, 0.1) is 12.3 Å². The fraction of sp³-hybridized carbons (Fsp3) is 0.909. The summed E-state index contributed by atoms with van der Waals surface area (Å²) >= 11 is 0. The third-order valence-corrected chi connectivity index (χ3v) is 4.11. The van der Waals surface area contributed by atoms with Gasteiger partial charge in [-0.25, -0.2) is 13.1 Å². The van der Waals surface area contributed by atoms with Crippen LogP contribution in [0.1, 0.15) is 32.6 Å². The van der Waals surface area contributed by atoms with E-state index >= 15 is 0 Å². The minimum Gasteiger partial charge on any atom is -0.352 e. The van der Waals surface area contributed by atoms with Crippen molar-refractivity contribution >= 4 is 15.9 Å². The smallest absolute Gasteiger partial charge is 0.238 e. The second-order valence-corrected chi connectivity index (χ2v) is 6.79. The molecule has 0 heterocycles. The molecule has 1 aliphatic rings. The Balaban J connectivity index is 2.52. The summed E-state index contributed by atoms with van der Waals surface area (Å²) in [6.07, 6.45) is 5.20. The molecule has 1 saturated carbocycles. The maximum Gasteiger partial charge on any atom is 0.238 e. The summed E-state index contributed by atoms with van der Waals surface area (Å²) in [7, 11) is -3.36. The molecule has 18 heavy (non-hydrogen) atoms. The van der Waals surface area contributed by atoms with Gasteiger partial charge in [0, 0.05) is 6.04 Å². The second kappa shape index (κ2) is 6.49. The highest BCUT2D eigenvalue weighted by Crippen LogP contribution is 2.23. The van der Waals surface area contributed by atoms with Gasteiger partial charge >= 0.3 is 0 Å². The largest absolute Gasteiger partial charge is 0.352 e. The lowest BCUT2D eigenvalue weighted by Crippen LogP contribution is -2.51. The molecule has 0 aromatic heterocycles. The van der Waals surface area contributed by atoms with E-state index in [0.29, 0.717) is 12.5 Å². The van der Waals surface area contributed by atoms with Crippen LogP contribution < -0.4 is 15.8 Å². The molecule has 7 heteroatoms. The maximum absolute atomic E-state index is 11.9. The van der Waals surface area contributed by atoms with Crippen LogP contribution in [0, 0.1) is 5.92 Å². The topological polar surface area (TPSA) is 101 Å². The Morgan fingerprint density at radius 2 is 2.00 bits per heavy atom. The van der Waals surface area contributed by atoms with Crippen molar-refractivity contribution in [1.82, 2.24) is 10.0 Å². The molecule has 1 amide bonds. The molecular formula is C11H23N3O3S. The molecule has 3 unspecified atom stereocenters. The molecule has 0 aromatic rings. The van der Waals surface area contributed by atoms with Crippen LogP contribution in [-0.4, -0.2) is 39.2 Å². The van der Waals surface area contributed by atoms with Crippen LogP contribution in [0.25, 0.3) is 0 Å². The van der Waals surface area contributed by atoms with Gasteiger partial charge in [0.25, 0.3) is 0 Å². The number of carbonyl (C=O) groups is 1. The van der Waals surface area contributed by atoms with Crippen LogP contribution >= 0.6 is 0 Å². The number of rotatable bonds is 5. The lowest BCUT2D eigenvalue weighted by atomic mass is 9.84.